The quantitative estimate of drug-likeness (QED) is 0.435. The molecule has 0 aliphatic rings. The average molecular weight is 395 g/mol. The second kappa shape index (κ2) is 10.1. The van der Waals surface area contributed by atoms with Crippen molar-refractivity contribution in [1.82, 2.24) is 4.57 Å². The van der Waals surface area contributed by atoms with E-state index in [-0.39, 0.29) is 12.5 Å². The molecular formula is C10H17Cl4FeN2O2. The predicted octanol–water partition coefficient (Wildman–Crippen LogP) is 3.50. The minimum atomic E-state index is -2.61. The summed E-state index contributed by atoms with van der Waals surface area (Å²) in [6.07, 6.45) is 8.11. The number of ether oxygens (including phenoxy) is 1. The number of aromatic nitrogens is 2. The van der Waals surface area contributed by atoms with Gasteiger partial charge in [0.1, 0.15) is 12.4 Å². The summed E-state index contributed by atoms with van der Waals surface area (Å²) in [5.41, 5.74) is 0. The van der Waals surface area contributed by atoms with Crippen molar-refractivity contribution < 1.29 is 23.3 Å². The van der Waals surface area contributed by atoms with Crippen molar-refractivity contribution >= 4 is 46.4 Å². The van der Waals surface area contributed by atoms with E-state index in [1.807, 2.05) is 23.3 Å². The van der Waals surface area contributed by atoms with Gasteiger partial charge in [-0.1, -0.05) is 13.3 Å². The Hall–Kier alpha value is 0.359. The number of esters is 1. The molecule has 0 radical (unpaired) electrons. The van der Waals surface area contributed by atoms with Gasteiger partial charge in [0.05, 0.1) is 13.7 Å². The summed E-state index contributed by atoms with van der Waals surface area (Å²) in [5, 5.41) is 0. The number of rotatable bonds is 5. The van der Waals surface area contributed by atoms with E-state index in [9.17, 15) is 4.79 Å². The van der Waals surface area contributed by atoms with Crippen LogP contribution in [0.3, 0.4) is 0 Å². The van der Waals surface area contributed by atoms with E-state index < -0.39 is 9.20 Å². The first-order valence-electron chi connectivity index (χ1n) is 5.41. The molecule has 9 heteroatoms. The van der Waals surface area contributed by atoms with Gasteiger partial charge in [-0.05, 0) is 6.42 Å². The van der Waals surface area contributed by atoms with Gasteiger partial charge in [-0.15, -0.1) is 0 Å². The zero-order valence-corrected chi connectivity index (χ0v) is 14.8. The van der Waals surface area contributed by atoms with Gasteiger partial charge < -0.3 is 4.74 Å². The molecule has 1 heterocycles. The third-order valence-corrected chi connectivity index (χ3v) is 2.06. The standard InChI is InChI=1S/C10H17N2O2.4ClH.Fe/c1-3-4-5-11-6-7-12(9-11)8-10(13)14-2;;;;;/h6-7,9H,3-5,8H2,1-2H3;4*1H;/q+1;;;;;+3/p-4. The van der Waals surface area contributed by atoms with Crippen LogP contribution in [0.1, 0.15) is 19.8 Å². The number of nitrogens with zero attached hydrogens (tertiary/aromatic N) is 2. The maximum atomic E-state index is 11.0. The molecule has 1 rings (SSSR count). The van der Waals surface area contributed by atoms with Crippen molar-refractivity contribution in [3.8, 4) is 0 Å². The number of carbonyl (C=O) groups excluding carboxylic acids is 1. The van der Waals surface area contributed by atoms with E-state index >= 15 is 0 Å². The van der Waals surface area contributed by atoms with Crippen molar-refractivity contribution in [3.05, 3.63) is 18.7 Å². The van der Waals surface area contributed by atoms with Crippen LogP contribution < -0.4 is 4.57 Å². The first-order chi connectivity index (χ1) is 8.76. The summed E-state index contributed by atoms with van der Waals surface area (Å²) in [7, 11) is 18.6. The zero-order valence-electron chi connectivity index (χ0n) is 10.6. The Labute approximate surface area is 132 Å². The van der Waals surface area contributed by atoms with E-state index in [0.717, 1.165) is 13.0 Å². The molecule has 115 valence electrons. The van der Waals surface area contributed by atoms with E-state index in [1.54, 1.807) is 0 Å². The van der Waals surface area contributed by atoms with Crippen LogP contribution in [0, 0.1) is 0 Å². The van der Waals surface area contributed by atoms with Crippen molar-refractivity contribution in [1.29, 1.82) is 0 Å². The van der Waals surface area contributed by atoms with E-state index in [2.05, 4.69) is 16.2 Å². The SMILES string of the molecule is CCCCn1cc[n+](CC(=O)OC)c1.[Cl][Fe-]([Cl])([Cl])[Cl]. The van der Waals surface area contributed by atoms with E-state index in [0.29, 0.717) is 0 Å². The molecule has 0 spiro atoms. The Bertz CT molecular complexity index is 376. The molecule has 0 bridgehead atoms. The molecule has 0 saturated heterocycles. The number of carbonyl (C=O) groups is 1. The minimum absolute atomic E-state index is 0.219. The van der Waals surface area contributed by atoms with Crippen molar-refractivity contribution in [2.45, 2.75) is 32.9 Å². The fourth-order valence-electron chi connectivity index (χ4n) is 1.22. The Morgan fingerprint density at radius 1 is 1.37 bits per heavy atom. The summed E-state index contributed by atoms with van der Waals surface area (Å²) < 4.78 is 8.47. The Balaban J connectivity index is 0.000000555. The summed E-state index contributed by atoms with van der Waals surface area (Å²) in [6.45, 7) is 3.45. The monoisotopic (exact) mass is 393 g/mol. The van der Waals surface area contributed by atoms with Crippen LogP contribution in [-0.2, 0) is 31.8 Å². The molecular weight excluding hydrogens is 378 g/mol. The normalized spacial score (nSPS) is 11.5. The summed E-state index contributed by atoms with van der Waals surface area (Å²) >= 11 is 0. The molecule has 1 aromatic rings. The number of methoxy groups -OCH3 is 1. The summed E-state index contributed by atoms with van der Waals surface area (Å²) in [5.74, 6) is -0.219. The molecule has 0 fully saturated rings. The number of hydrogen-bond acceptors (Lipinski definition) is 2. The van der Waals surface area contributed by atoms with Gasteiger partial charge >= 0.3 is 55.6 Å². The molecule has 0 unspecified atom stereocenters. The van der Waals surface area contributed by atoms with Crippen molar-refractivity contribution in [2.75, 3.05) is 7.11 Å². The number of imidazole rings is 1. The van der Waals surface area contributed by atoms with Crippen LogP contribution >= 0.6 is 40.4 Å². The first kappa shape index (κ1) is 19.4. The zero-order chi connectivity index (χ0) is 14.9. The molecule has 0 aromatic carbocycles. The van der Waals surface area contributed by atoms with Crippen LogP contribution in [0.4, 0.5) is 0 Å². The molecule has 1 aromatic heterocycles. The first-order valence-corrected chi connectivity index (χ1v) is 11.5. The Morgan fingerprint density at radius 3 is 2.42 bits per heavy atom. The van der Waals surface area contributed by atoms with Crippen molar-refractivity contribution in [2.24, 2.45) is 0 Å². The number of aryl methyl sites for hydroxylation is 1. The van der Waals surface area contributed by atoms with Crippen LogP contribution in [-0.4, -0.2) is 17.6 Å². The number of hydrogen-bond donors (Lipinski definition) is 0. The van der Waals surface area contributed by atoms with Crippen LogP contribution in [0.2, 0.25) is 0 Å². The fraction of sp³-hybridized carbons (Fsp3) is 0.600. The number of halogens is 4. The second-order valence-corrected chi connectivity index (χ2v) is 14.5. The maximum absolute atomic E-state index is 11.0. The van der Waals surface area contributed by atoms with Crippen LogP contribution in [0.25, 0.3) is 0 Å². The fourth-order valence-corrected chi connectivity index (χ4v) is 1.22. The van der Waals surface area contributed by atoms with E-state index in [1.165, 1.54) is 13.5 Å². The molecule has 0 N–H and O–H groups in total. The van der Waals surface area contributed by atoms with Gasteiger partial charge in [-0.3, -0.25) is 0 Å². The van der Waals surface area contributed by atoms with Gasteiger partial charge in [0.2, 0.25) is 6.33 Å². The average Bonchev–Trinajstić information content (AvgIpc) is 2.71. The second-order valence-electron chi connectivity index (χ2n) is 3.56. The molecule has 0 saturated carbocycles. The molecule has 0 aliphatic heterocycles. The third-order valence-electron chi connectivity index (χ3n) is 2.06. The van der Waals surface area contributed by atoms with Gasteiger partial charge in [0, 0.05) is 0 Å². The van der Waals surface area contributed by atoms with Gasteiger partial charge in [-0.2, -0.15) is 0 Å². The molecule has 0 aliphatic carbocycles. The van der Waals surface area contributed by atoms with Crippen LogP contribution in [0.5, 0.6) is 0 Å². The Morgan fingerprint density at radius 2 is 1.95 bits per heavy atom. The molecule has 0 atom stereocenters. The molecule has 0 amide bonds. The van der Waals surface area contributed by atoms with Crippen molar-refractivity contribution in [3.63, 3.8) is 0 Å². The van der Waals surface area contributed by atoms with Gasteiger partial charge in [-0.25, -0.2) is 13.9 Å². The molecule has 4 nitrogen and oxygen atoms in total. The summed E-state index contributed by atoms with van der Waals surface area (Å²) in [6, 6.07) is 0. The Kier molecular flexibility index (Phi) is 10.3. The van der Waals surface area contributed by atoms with Crippen LogP contribution in [0.15, 0.2) is 18.7 Å². The topological polar surface area (TPSA) is 35.1 Å². The van der Waals surface area contributed by atoms with Gasteiger partial charge in [0.25, 0.3) is 0 Å². The predicted molar refractivity (Wildman–Crippen MR) is 75.0 cm³/mol. The third kappa shape index (κ3) is 13.1. The number of unbranched alkanes of at least 4 members (excludes halogenated alkanes) is 1. The molecule has 19 heavy (non-hydrogen) atoms. The van der Waals surface area contributed by atoms with E-state index in [4.69, 9.17) is 40.4 Å². The van der Waals surface area contributed by atoms with Gasteiger partial charge in [0.15, 0.2) is 6.54 Å². The summed E-state index contributed by atoms with van der Waals surface area (Å²) in [4.78, 5) is 11.0.